The molecule has 0 unspecified atom stereocenters. The Morgan fingerprint density at radius 3 is 2.56 bits per heavy atom. The molecule has 3 aromatic rings. The molecule has 6 nitrogen and oxygen atoms in total. The number of para-hydroxylation sites is 1. The molecule has 1 heterocycles. The van der Waals surface area contributed by atoms with Gasteiger partial charge in [-0.1, -0.05) is 29.8 Å². The number of nitrogens with zero attached hydrogens (tertiary/aromatic N) is 2. The van der Waals surface area contributed by atoms with Gasteiger partial charge in [-0.2, -0.15) is 5.10 Å². The molecule has 1 aromatic heterocycles. The quantitative estimate of drug-likeness (QED) is 0.584. The maximum Gasteiger partial charge on any atom is 0.314 e. The van der Waals surface area contributed by atoms with Crippen molar-refractivity contribution >= 4 is 17.6 Å². The Hall–Kier alpha value is -2.99. The molecule has 0 aliphatic heterocycles. The third-order valence-corrected chi connectivity index (χ3v) is 4.08. The van der Waals surface area contributed by atoms with E-state index in [4.69, 9.17) is 16.3 Å². The van der Waals surface area contributed by atoms with Crippen LogP contribution in [0.1, 0.15) is 5.56 Å². The first kappa shape index (κ1) is 18.8. The topological polar surface area (TPSA) is 68.2 Å². The SMILES string of the molecule is O=C(NCCOc1ccc(Cl)cc1)NCCc1cnn(-c2ccccc2)c1. The van der Waals surface area contributed by atoms with Crippen LogP contribution in [0.25, 0.3) is 5.69 Å². The monoisotopic (exact) mass is 384 g/mol. The number of carbonyl (C=O) groups excluding carboxylic acids is 1. The number of benzene rings is 2. The van der Waals surface area contributed by atoms with Crippen LogP contribution in [-0.4, -0.2) is 35.5 Å². The fraction of sp³-hybridized carbons (Fsp3) is 0.200. The molecule has 3 rings (SSSR count). The van der Waals surface area contributed by atoms with Crippen LogP contribution in [0.15, 0.2) is 67.0 Å². The molecule has 0 fully saturated rings. The van der Waals surface area contributed by atoms with Gasteiger partial charge in [0.25, 0.3) is 0 Å². The van der Waals surface area contributed by atoms with Gasteiger partial charge in [-0.15, -0.1) is 0 Å². The summed E-state index contributed by atoms with van der Waals surface area (Å²) in [7, 11) is 0. The van der Waals surface area contributed by atoms with Crippen molar-refractivity contribution in [3.8, 4) is 11.4 Å². The lowest BCUT2D eigenvalue weighted by Gasteiger charge is -2.09. The van der Waals surface area contributed by atoms with E-state index in [1.807, 2.05) is 47.4 Å². The van der Waals surface area contributed by atoms with E-state index in [1.165, 1.54) is 0 Å². The summed E-state index contributed by atoms with van der Waals surface area (Å²) in [4.78, 5) is 11.8. The molecule has 27 heavy (non-hydrogen) atoms. The molecule has 0 aliphatic carbocycles. The summed E-state index contributed by atoms with van der Waals surface area (Å²) in [5.74, 6) is 0.719. The fourth-order valence-corrected chi connectivity index (χ4v) is 2.58. The molecular formula is C20H21ClN4O2. The third kappa shape index (κ3) is 6.04. The van der Waals surface area contributed by atoms with Crippen molar-refractivity contribution in [2.45, 2.75) is 6.42 Å². The Labute approximate surface area is 163 Å². The van der Waals surface area contributed by atoms with Crippen LogP contribution in [0.5, 0.6) is 5.75 Å². The van der Waals surface area contributed by atoms with Crippen LogP contribution in [0.2, 0.25) is 5.02 Å². The summed E-state index contributed by atoms with van der Waals surface area (Å²) in [5.41, 5.74) is 2.07. The minimum Gasteiger partial charge on any atom is -0.492 e. The van der Waals surface area contributed by atoms with E-state index in [9.17, 15) is 4.79 Å². The van der Waals surface area contributed by atoms with E-state index < -0.39 is 0 Å². The Balaban J connectivity index is 1.31. The lowest BCUT2D eigenvalue weighted by Crippen LogP contribution is -2.38. The summed E-state index contributed by atoms with van der Waals surface area (Å²) in [6.45, 7) is 1.34. The maximum atomic E-state index is 11.8. The van der Waals surface area contributed by atoms with Gasteiger partial charge in [0.1, 0.15) is 12.4 Å². The van der Waals surface area contributed by atoms with E-state index in [0.717, 1.165) is 17.0 Å². The largest absolute Gasteiger partial charge is 0.492 e. The van der Waals surface area contributed by atoms with Gasteiger partial charge in [-0.3, -0.25) is 0 Å². The number of rotatable bonds is 8. The Kier molecular flexibility index (Phi) is 6.71. The average Bonchev–Trinajstić information content (AvgIpc) is 3.16. The van der Waals surface area contributed by atoms with Crippen molar-refractivity contribution in [2.24, 2.45) is 0 Å². The molecule has 2 amide bonds. The Bertz CT molecular complexity index is 850. The van der Waals surface area contributed by atoms with Crippen LogP contribution in [-0.2, 0) is 6.42 Å². The molecule has 0 bridgehead atoms. The highest BCUT2D eigenvalue weighted by Crippen LogP contribution is 2.15. The Morgan fingerprint density at radius 2 is 1.78 bits per heavy atom. The van der Waals surface area contributed by atoms with Crippen molar-refractivity contribution in [3.63, 3.8) is 0 Å². The number of amides is 2. The maximum absolute atomic E-state index is 11.8. The summed E-state index contributed by atoms with van der Waals surface area (Å²) in [5, 5.41) is 10.6. The van der Waals surface area contributed by atoms with Crippen LogP contribution in [0.4, 0.5) is 4.79 Å². The van der Waals surface area contributed by atoms with Gasteiger partial charge in [-0.05, 0) is 48.4 Å². The van der Waals surface area contributed by atoms with E-state index in [1.54, 1.807) is 24.3 Å². The number of urea groups is 1. The highest BCUT2D eigenvalue weighted by molar-refractivity contribution is 6.30. The van der Waals surface area contributed by atoms with Gasteiger partial charge in [0.2, 0.25) is 0 Å². The summed E-state index contributed by atoms with van der Waals surface area (Å²) in [6.07, 6.45) is 4.49. The lowest BCUT2D eigenvalue weighted by atomic mass is 10.2. The first-order chi connectivity index (χ1) is 13.2. The normalized spacial score (nSPS) is 10.4. The van der Waals surface area contributed by atoms with E-state index in [-0.39, 0.29) is 6.03 Å². The zero-order valence-electron chi connectivity index (χ0n) is 14.8. The minimum absolute atomic E-state index is 0.217. The summed E-state index contributed by atoms with van der Waals surface area (Å²) < 4.78 is 7.34. The van der Waals surface area contributed by atoms with Gasteiger partial charge in [-0.25, -0.2) is 9.48 Å². The molecular weight excluding hydrogens is 364 g/mol. The number of carbonyl (C=O) groups is 1. The highest BCUT2D eigenvalue weighted by Gasteiger charge is 2.03. The van der Waals surface area contributed by atoms with Gasteiger partial charge < -0.3 is 15.4 Å². The van der Waals surface area contributed by atoms with Crippen molar-refractivity contribution in [1.82, 2.24) is 20.4 Å². The standard InChI is InChI=1S/C20H21ClN4O2/c21-17-6-8-19(9-7-17)27-13-12-23-20(26)22-11-10-16-14-24-25(15-16)18-4-2-1-3-5-18/h1-9,14-15H,10-13H2,(H2,22,23,26). The van der Waals surface area contributed by atoms with Gasteiger partial charge in [0.15, 0.2) is 0 Å². The molecule has 0 saturated heterocycles. The lowest BCUT2D eigenvalue weighted by molar-refractivity contribution is 0.236. The number of hydrogen-bond acceptors (Lipinski definition) is 3. The number of hydrogen-bond donors (Lipinski definition) is 2. The minimum atomic E-state index is -0.217. The molecule has 7 heteroatoms. The second-order valence-corrected chi connectivity index (χ2v) is 6.30. The van der Waals surface area contributed by atoms with Crippen LogP contribution < -0.4 is 15.4 Å². The first-order valence-corrected chi connectivity index (χ1v) is 9.07. The smallest absolute Gasteiger partial charge is 0.314 e. The molecule has 0 radical (unpaired) electrons. The number of ether oxygens (including phenoxy) is 1. The second-order valence-electron chi connectivity index (χ2n) is 5.86. The highest BCUT2D eigenvalue weighted by atomic mass is 35.5. The number of halogens is 1. The van der Waals surface area contributed by atoms with Gasteiger partial charge >= 0.3 is 6.03 Å². The molecule has 0 atom stereocenters. The summed E-state index contributed by atoms with van der Waals surface area (Å²) in [6, 6.07) is 16.8. The van der Waals surface area contributed by atoms with E-state index in [2.05, 4.69) is 15.7 Å². The molecule has 0 saturated carbocycles. The van der Waals surface area contributed by atoms with Crippen molar-refractivity contribution in [2.75, 3.05) is 19.7 Å². The van der Waals surface area contributed by atoms with Crippen molar-refractivity contribution in [1.29, 1.82) is 0 Å². The Morgan fingerprint density at radius 1 is 1.04 bits per heavy atom. The molecule has 2 N–H and O–H groups in total. The first-order valence-electron chi connectivity index (χ1n) is 8.70. The second kappa shape index (κ2) is 9.64. The van der Waals surface area contributed by atoms with Gasteiger partial charge in [0, 0.05) is 17.8 Å². The van der Waals surface area contributed by atoms with Crippen LogP contribution >= 0.6 is 11.6 Å². The number of nitrogens with one attached hydrogen (secondary N) is 2. The van der Waals surface area contributed by atoms with Gasteiger partial charge in [0.05, 0.1) is 18.4 Å². The van der Waals surface area contributed by atoms with Crippen LogP contribution in [0, 0.1) is 0 Å². The fourth-order valence-electron chi connectivity index (χ4n) is 2.46. The molecule has 0 spiro atoms. The predicted octanol–water partition coefficient (Wildman–Crippen LogP) is 3.45. The summed E-state index contributed by atoms with van der Waals surface area (Å²) >= 11 is 5.81. The number of aromatic nitrogens is 2. The molecule has 2 aromatic carbocycles. The van der Waals surface area contributed by atoms with Crippen molar-refractivity contribution in [3.05, 3.63) is 77.6 Å². The molecule has 0 aliphatic rings. The average molecular weight is 385 g/mol. The van der Waals surface area contributed by atoms with E-state index >= 15 is 0 Å². The molecule has 140 valence electrons. The van der Waals surface area contributed by atoms with E-state index in [0.29, 0.717) is 31.1 Å². The zero-order chi connectivity index (χ0) is 18.9. The van der Waals surface area contributed by atoms with Crippen LogP contribution in [0.3, 0.4) is 0 Å². The zero-order valence-corrected chi connectivity index (χ0v) is 15.5. The third-order valence-electron chi connectivity index (χ3n) is 3.83. The van der Waals surface area contributed by atoms with Crippen molar-refractivity contribution < 1.29 is 9.53 Å². The predicted molar refractivity (Wildman–Crippen MR) is 106 cm³/mol.